The number of anilines is 2. The number of aromatic amines is 1. The smallest absolute Gasteiger partial charge is 0.252 e. The second kappa shape index (κ2) is 12.0. The van der Waals surface area contributed by atoms with Crippen LogP contribution in [0.15, 0.2) is 41.2 Å². The number of carbonyl (C=O) groups is 1. The van der Waals surface area contributed by atoms with Crippen LogP contribution < -0.4 is 15.4 Å². The Balaban J connectivity index is 1.32. The molecule has 0 unspecified atom stereocenters. The summed E-state index contributed by atoms with van der Waals surface area (Å²) in [5.74, 6) is 0.880. The zero-order valence-corrected chi connectivity index (χ0v) is 20.4. The van der Waals surface area contributed by atoms with E-state index in [9.17, 15) is 9.59 Å². The van der Waals surface area contributed by atoms with E-state index in [-0.39, 0.29) is 11.5 Å². The lowest BCUT2D eigenvalue weighted by molar-refractivity contribution is -0.131. The van der Waals surface area contributed by atoms with Crippen molar-refractivity contribution in [1.29, 1.82) is 0 Å². The maximum absolute atomic E-state index is 12.5. The van der Waals surface area contributed by atoms with Crippen molar-refractivity contribution in [3.05, 3.63) is 52.4 Å². The van der Waals surface area contributed by atoms with Gasteiger partial charge in [-0.1, -0.05) is 38.0 Å². The van der Waals surface area contributed by atoms with Gasteiger partial charge in [0.25, 0.3) is 5.56 Å². The van der Waals surface area contributed by atoms with E-state index in [0.717, 1.165) is 70.6 Å². The number of hydrogen-bond donors (Lipinski definition) is 1. The number of hydrogen-bond acceptors (Lipinski definition) is 6. The highest BCUT2D eigenvalue weighted by Crippen LogP contribution is 2.17. The van der Waals surface area contributed by atoms with Gasteiger partial charge >= 0.3 is 0 Å². The van der Waals surface area contributed by atoms with Gasteiger partial charge in [0, 0.05) is 77.1 Å². The molecule has 34 heavy (non-hydrogen) atoms. The summed E-state index contributed by atoms with van der Waals surface area (Å²) < 4.78 is 0. The minimum atomic E-state index is -0.111. The number of para-hydroxylation sites is 1. The first-order chi connectivity index (χ1) is 16.6. The predicted molar refractivity (Wildman–Crippen MR) is 136 cm³/mol. The number of piperazine rings is 1. The molecule has 4 rings (SSSR count). The van der Waals surface area contributed by atoms with Crippen molar-refractivity contribution >= 4 is 17.5 Å². The van der Waals surface area contributed by atoms with E-state index in [1.807, 2.05) is 11.0 Å². The summed E-state index contributed by atoms with van der Waals surface area (Å²) in [5, 5.41) is 0. The van der Waals surface area contributed by atoms with Crippen LogP contribution in [0.2, 0.25) is 0 Å². The fourth-order valence-electron chi connectivity index (χ4n) is 4.82. The minimum Gasteiger partial charge on any atom is -0.369 e. The largest absolute Gasteiger partial charge is 0.369 e. The van der Waals surface area contributed by atoms with Gasteiger partial charge in [0.1, 0.15) is 0 Å². The van der Waals surface area contributed by atoms with E-state index in [4.69, 9.17) is 4.98 Å². The Labute approximate surface area is 202 Å². The molecule has 8 heteroatoms. The van der Waals surface area contributed by atoms with Crippen molar-refractivity contribution in [2.75, 3.05) is 62.2 Å². The Morgan fingerprint density at radius 1 is 0.941 bits per heavy atom. The van der Waals surface area contributed by atoms with Gasteiger partial charge in [0.05, 0.1) is 5.69 Å². The van der Waals surface area contributed by atoms with E-state index < -0.39 is 0 Å². The number of nitrogens with zero attached hydrogens (tertiary/aromatic N) is 5. The fraction of sp³-hybridized carbons (Fsp3) is 0.577. The van der Waals surface area contributed by atoms with Gasteiger partial charge in [-0.2, -0.15) is 0 Å². The monoisotopic (exact) mass is 466 g/mol. The molecule has 2 fully saturated rings. The molecule has 0 atom stereocenters. The van der Waals surface area contributed by atoms with Crippen LogP contribution in [0.25, 0.3) is 0 Å². The summed E-state index contributed by atoms with van der Waals surface area (Å²) in [5.41, 5.74) is 1.96. The molecule has 3 heterocycles. The normalized spacial score (nSPS) is 17.6. The van der Waals surface area contributed by atoms with Crippen LogP contribution in [0.4, 0.5) is 11.6 Å². The molecule has 0 spiro atoms. The maximum atomic E-state index is 12.5. The van der Waals surface area contributed by atoms with Crippen molar-refractivity contribution in [2.45, 2.75) is 45.6 Å². The van der Waals surface area contributed by atoms with E-state index >= 15 is 0 Å². The topological polar surface area (TPSA) is 75.8 Å². The lowest BCUT2D eigenvalue weighted by Gasteiger charge is -2.36. The van der Waals surface area contributed by atoms with Gasteiger partial charge in [0.2, 0.25) is 11.9 Å². The third kappa shape index (κ3) is 6.59. The molecule has 184 valence electrons. The van der Waals surface area contributed by atoms with Crippen LogP contribution >= 0.6 is 0 Å². The molecular weight excluding hydrogens is 428 g/mol. The number of H-pyrrole nitrogens is 1. The second-order valence-electron chi connectivity index (χ2n) is 9.34. The molecule has 0 aliphatic carbocycles. The molecule has 2 aliphatic rings. The standard InChI is InChI=1S/C26H38N6O2/c1-2-3-5-11-25(34)31-12-8-13-32(19-18-31)26-27-22(20-24(33)28-26)21-29-14-16-30(17-15-29)23-9-6-4-7-10-23/h4,6-7,9-10,20H,2-3,5,8,11-19,21H2,1H3,(H,27,28,33). The summed E-state index contributed by atoms with van der Waals surface area (Å²) in [6.45, 7) is 9.59. The Bertz CT molecular complexity index is 971. The van der Waals surface area contributed by atoms with E-state index in [1.54, 1.807) is 6.07 Å². The summed E-state index contributed by atoms with van der Waals surface area (Å²) in [4.78, 5) is 41.6. The molecule has 0 radical (unpaired) electrons. The summed E-state index contributed by atoms with van der Waals surface area (Å²) >= 11 is 0. The highest BCUT2D eigenvalue weighted by molar-refractivity contribution is 5.76. The van der Waals surface area contributed by atoms with Gasteiger partial charge in [-0.25, -0.2) is 4.98 Å². The summed E-state index contributed by atoms with van der Waals surface area (Å²) in [6, 6.07) is 12.1. The molecule has 2 aliphatic heterocycles. The average Bonchev–Trinajstić information content (AvgIpc) is 3.11. The second-order valence-corrected chi connectivity index (χ2v) is 9.34. The number of aromatic nitrogens is 2. The van der Waals surface area contributed by atoms with E-state index in [1.165, 1.54) is 5.69 Å². The quantitative estimate of drug-likeness (QED) is 0.603. The SMILES string of the molecule is CCCCCC(=O)N1CCCN(c2nc(CN3CCN(c4ccccc4)CC3)cc(=O)[nH]2)CC1. The summed E-state index contributed by atoms with van der Waals surface area (Å²) in [6.07, 6.45) is 4.71. The number of carbonyl (C=O) groups excluding carboxylic acids is 1. The minimum absolute atomic E-state index is 0.111. The van der Waals surface area contributed by atoms with Gasteiger partial charge in [-0.05, 0) is 25.0 Å². The van der Waals surface area contributed by atoms with Crippen LogP contribution in [0, 0.1) is 0 Å². The zero-order chi connectivity index (χ0) is 23.8. The van der Waals surface area contributed by atoms with Gasteiger partial charge in [-0.15, -0.1) is 0 Å². The van der Waals surface area contributed by atoms with Crippen molar-refractivity contribution in [3.63, 3.8) is 0 Å². The molecule has 2 saturated heterocycles. The molecule has 1 aromatic heterocycles. The number of unbranched alkanes of at least 4 members (excludes halogenated alkanes) is 2. The van der Waals surface area contributed by atoms with Gasteiger partial charge in [0.15, 0.2) is 0 Å². The van der Waals surface area contributed by atoms with Crippen molar-refractivity contribution < 1.29 is 4.79 Å². The number of nitrogens with one attached hydrogen (secondary N) is 1. The zero-order valence-electron chi connectivity index (χ0n) is 20.4. The van der Waals surface area contributed by atoms with Crippen molar-refractivity contribution in [1.82, 2.24) is 19.8 Å². The van der Waals surface area contributed by atoms with Gasteiger partial charge in [-0.3, -0.25) is 19.5 Å². The lowest BCUT2D eigenvalue weighted by atomic mass is 10.2. The first-order valence-corrected chi connectivity index (χ1v) is 12.8. The Kier molecular flexibility index (Phi) is 8.57. The number of rotatable bonds is 8. The predicted octanol–water partition coefficient (Wildman–Crippen LogP) is 2.71. The first kappa shape index (κ1) is 24.3. The molecule has 8 nitrogen and oxygen atoms in total. The molecule has 2 aromatic rings. The number of benzene rings is 1. The molecule has 1 amide bonds. The third-order valence-electron chi connectivity index (χ3n) is 6.80. The fourth-order valence-corrected chi connectivity index (χ4v) is 4.82. The number of amides is 1. The van der Waals surface area contributed by atoms with Gasteiger partial charge < -0.3 is 14.7 Å². The van der Waals surface area contributed by atoms with Crippen molar-refractivity contribution in [3.8, 4) is 0 Å². The van der Waals surface area contributed by atoms with E-state index in [2.05, 4.69) is 50.9 Å². The van der Waals surface area contributed by atoms with Crippen LogP contribution in [0.1, 0.15) is 44.7 Å². The van der Waals surface area contributed by atoms with Crippen molar-refractivity contribution in [2.24, 2.45) is 0 Å². The Morgan fingerprint density at radius 3 is 2.47 bits per heavy atom. The molecule has 0 saturated carbocycles. The molecular formula is C26H38N6O2. The molecule has 1 N–H and O–H groups in total. The molecule has 0 bridgehead atoms. The average molecular weight is 467 g/mol. The first-order valence-electron chi connectivity index (χ1n) is 12.8. The van der Waals surface area contributed by atoms with Crippen LogP contribution in [-0.4, -0.2) is 78.0 Å². The highest BCUT2D eigenvalue weighted by atomic mass is 16.2. The molecule has 1 aromatic carbocycles. The maximum Gasteiger partial charge on any atom is 0.252 e. The highest BCUT2D eigenvalue weighted by Gasteiger charge is 2.22. The Morgan fingerprint density at radius 2 is 1.71 bits per heavy atom. The van der Waals surface area contributed by atoms with Crippen LogP contribution in [0.5, 0.6) is 0 Å². The lowest BCUT2D eigenvalue weighted by Crippen LogP contribution is -2.46. The van der Waals surface area contributed by atoms with Crippen LogP contribution in [0.3, 0.4) is 0 Å². The van der Waals surface area contributed by atoms with E-state index in [0.29, 0.717) is 32.0 Å². The Hall–Kier alpha value is -2.87. The third-order valence-corrected chi connectivity index (χ3v) is 6.80. The summed E-state index contributed by atoms with van der Waals surface area (Å²) in [7, 11) is 0. The van der Waals surface area contributed by atoms with Crippen LogP contribution in [-0.2, 0) is 11.3 Å².